The van der Waals surface area contributed by atoms with Crippen molar-refractivity contribution in [3.8, 4) is 5.75 Å². The van der Waals surface area contributed by atoms with Crippen LogP contribution < -0.4 is 9.64 Å². The summed E-state index contributed by atoms with van der Waals surface area (Å²) >= 11 is 1.50. The number of thioether (sulfide) groups is 1. The summed E-state index contributed by atoms with van der Waals surface area (Å²) in [4.78, 5) is 26.0. The maximum Gasteiger partial charge on any atom is 0.233 e. The molecule has 0 spiro atoms. The Bertz CT molecular complexity index is 1000. The molecule has 1 aliphatic heterocycles. The summed E-state index contributed by atoms with van der Waals surface area (Å²) in [6.07, 6.45) is 0. The third-order valence-corrected chi connectivity index (χ3v) is 6.06. The van der Waals surface area contributed by atoms with Gasteiger partial charge in [0.1, 0.15) is 16.6 Å². The molecule has 2 aromatic carbocycles. The van der Waals surface area contributed by atoms with E-state index in [2.05, 4.69) is 27.0 Å². The number of hydrogen-bond donors (Lipinski definition) is 0. The molecule has 0 N–H and O–H groups in total. The van der Waals surface area contributed by atoms with Crippen LogP contribution in [0.25, 0.3) is 10.9 Å². The molecule has 0 unspecified atom stereocenters. The van der Waals surface area contributed by atoms with E-state index in [9.17, 15) is 4.79 Å². The van der Waals surface area contributed by atoms with Gasteiger partial charge in [0.2, 0.25) is 5.91 Å². The fraction of sp³-hybridized carbons (Fsp3) is 0.318. The van der Waals surface area contributed by atoms with Gasteiger partial charge < -0.3 is 14.5 Å². The van der Waals surface area contributed by atoms with Gasteiger partial charge in [-0.15, -0.1) is 0 Å². The number of aryl methyl sites for hydroxylation is 1. The number of methoxy groups -OCH3 is 1. The Balaban J connectivity index is 1.34. The number of ether oxygens (including phenoxy) is 1. The lowest BCUT2D eigenvalue weighted by atomic mass is 10.2. The highest BCUT2D eigenvalue weighted by Gasteiger charge is 2.22. The van der Waals surface area contributed by atoms with Crippen LogP contribution in [0.5, 0.6) is 5.75 Å². The van der Waals surface area contributed by atoms with Crippen LogP contribution in [0.1, 0.15) is 5.82 Å². The molecule has 29 heavy (non-hydrogen) atoms. The van der Waals surface area contributed by atoms with Gasteiger partial charge in [0.05, 0.1) is 18.4 Å². The molecule has 1 aliphatic rings. The van der Waals surface area contributed by atoms with Gasteiger partial charge in [-0.25, -0.2) is 9.97 Å². The summed E-state index contributed by atoms with van der Waals surface area (Å²) in [7, 11) is 1.67. The van der Waals surface area contributed by atoms with Crippen molar-refractivity contribution in [3.05, 3.63) is 54.4 Å². The second-order valence-electron chi connectivity index (χ2n) is 6.95. The zero-order chi connectivity index (χ0) is 20.2. The summed E-state index contributed by atoms with van der Waals surface area (Å²) in [6, 6.07) is 16.0. The van der Waals surface area contributed by atoms with Crippen molar-refractivity contribution in [2.45, 2.75) is 11.9 Å². The van der Waals surface area contributed by atoms with Crippen molar-refractivity contribution >= 4 is 34.3 Å². The highest BCUT2D eigenvalue weighted by Crippen LogP contribution is 2.26. The maximum atomic E-state index is 12.7. The monoisotopic (exact) mass is 408 g/mol. The molecule has 1 saturated heterocycles. The van der Waals surface area contributed by atoms with Crippen molar-refractivity contribution in [2.75, 3.05) is 43.9 Å². The number of carbonyl (C=O) groups is 1. The number of nitrogens with zero attached hydrogens (tertiary/aromatic N) is 4. The Morgan fingerprint density at radius 3 is 2.48 bits per heavy atom. The van der Waals surface area contributed by atoms with Crippen LogP contribution in [-0.2, 0) is 4.79 Å². The molecule has 7 heteroatoms. The number of carbonyl (C=O) groups excluding carboxylic acids is 1. The Morgan fingerprint density at radius 1 is 1.03 bits per heavy atom. The number of amides is 1. The minimum Gasteiger partial charge on any atom is -0.497 e. The van der Waals surface area contributed by atoms with Gasteiger partial charge >= 0.3 is 0 Å². The van der Waals surface area contributed by atoms with Gasteiger partial charge in [-0.2, -0.15) is 0 Å². The third kappa shape index (κ3) is 4.45. The molecule has 3 aromatic rings. The first-order valence-electron chi connectivity index (χ1n) is 9.67. The van der Waals surface area contributed by atoms with E-state index in [-0.39, 0.29) is 5.91 Å². The summed E-state index contributed by atoms with van der Waals surface area (Å²) in [6.45, 7) is 5.01. The molecule has 1 fully saturated rings. The summed E-state index contributed by atoms with van der Waals surface area (Å²) in [5, 5.41) is 1.87. The topological polar surface area (TPSA) is 58.6 Å². The maximum absolute atomic E-state index is 12.7. The van der Waals surface area contributed by atoms with Gasteiger partial charge in [-0.05, 0) is 37.3 Å². The van der Waals surface area contributed by atoms with Crippen LogP contribution in [0.15, 0.2) is 53.6 Å². The highest BCUT2D eigenvalue weighted by atomic mass is 32.2. The third-order valence-electron chi connectivity index (χ3n) is 5.08. The normalized spacial score (nSPS) is 14.3. The first kappa shape index (κ1) is 19.5. The molecule has 6 nitrogen and oxygen atoms in total. The van der Waals surface area contributed by atoms with Gasteiger partial charge in [-0.1, -0.05) is 30.0 Å². The fourth-order valence-corrected chi connectivity index (χ4v) is 4.46. The van der Waals surface area contributed by atoms with Crippen molar-refractivity contribution in [2.24, 2.45) is 0 Å². The van der Waals surface area contributed by atoms with E-state index in [1.54, 1.807) is 7.11 Å². The first-order valence-corrected chi connectivity index (χ1v) is 10.7. The van der Waals surface area contributed by atoms with Crippen LogP contribution in [0.2, 0.25) is 0 Å². The lowest BCUT2D eigenvalue weighted by Gasteiger charge is -2.36. The number of piperazine rings is 1. The van der Waals surface area contributed by atoms with Crippen LogP contribution in [0.3, 0.4) is 0 Å². The van der Waals surface area contributed by atoms with Crippen LogP contribution in [0, 0.1) is 6.92 Å². The van der Waals surface area contributed by atoms with Crippen molar-refractivity contribution in [1.82, 2.24) is 14.9 Å². The number of hydrogen-bond acceptors (Lipinski definition) is 6. The van der Waals surface area contributed by atoms with Crippen molar-refractivity contribution in [1.29, 1.82) is 0 Å². The van der Waals surface area contributed by atoms with E-state index in [4.69, 9.17) is 4.74 Å². The Kier molecular flexibility index (Phi) is 5.85. The summed E-state index contributed by atoms with van der Waals surface area (Å²) in [5.74, 6) is 2.13. The predicted octanol–water partition coefficient (Wildman–Crippen LogP) is 3.39. The van der Waals surface area contributed by atoms with E-state index in [0.717, 1.165) is 59.4 Å². The Labute approximate surface area is 174 Å². The molecule has 1 amide bonds. The number of fused-ring (bicyclic) bond motifs is 1. The minimum absolute atomic E-state index is 0.157. The lowest BCUT2D eigenvalue weighted by molar-refractivity contribution is -0.128. The fourth-order valence-electron chi connectivity index (χ4n) is 3.50. The Morgan fingerprint density at radius 2 is 1.76 bits per heavy atom. The van der Waals surface area contributed by atoms with Crippen LogP contribution in [-0.4, -0.2) is 59.8 Å². The SMILES string of the molecule is COc1ccc(N2CCN(C(=O)CSc3nc(C)nc4ccccc34)CC2)cc1. The molecule has 0 atom stereocenters. The van der Waals surface area contributed by atoms with Crippen LogP contribution >= 0.6 is 11.8 Å². The molecule has 2 heterocycles. The van der Waals surface area contributed by atoms with Crippen molar-refractivity contribution < 1.29 is 9.53 Å². The molecule has 0 aliphatic carbocycles. The zero-order valence-corrected chi connectivity index (χ0v) is 17.5. The second-order valence-corrected chi connectivity index (χ2v) is 7.91. The van der Waals surface area contributed by atoms with Crippen LogP contribution in [0.4, 0.5) is 5.69 Å². The van der Waals surface area contributed by atoms with E-state index in [1.807, 2.05) is 48.2 Å². The summed E-state index contributed by atoms with van der Waals surface area (Å²) in [5.41, 5.74) is 2.08. The average Bonchev–Trinajstić information content (AvgIpc) is 2.77. The largest absolute Gasteiger partial charge is 0.497 e. The number of para-hydroxylation sites is 1. The molecule has 0 saturated carbocycles. The molecular weight excluding hydrogens is 384 g/mol. The van der Waals surface area contributed by atoms with Crippen molar-refractivity contribution in [3.63, 3.8) is 0 Å². The van der Waals surface area contributed by atoms with Gasteiger partial charge in [-0.3, -0.25) is 4.79 Å². The molecular formula is C22H24N4O2S. The highest BCUT2D eigenvalue weighted by molar-refractivity contribution is 8.00. The second kappa shape index (κ2) is 8.69. The summed E-state index contributed by atoms with van der Waals surface area (Å²) < 4.78 is 5.22. The molecule has 0 bridgehead atoms. The lowest BCUT2D eigenvalue weighted by Crippen LogP contribution is -2.49. The molecule has 0 radical (unpaired) electrons. The molecule has 4 rings (SSSR count). The predicted molar refractivity (Wildman–Crippen MR) is 117 cm³/mol. The van der Waals surface area contributed by atoms with E-state index < -0.39 is 0 Å². The average molecular weight is 409 g/mol. The first-order chi connectivity index (χ1) is 14.1. The van der Waals surface area contributed by atoms with E-state index >= 15 is 0 Å². The van der Waals surface area contributed by atoms with Gasteiger partial charge in [0.15, 0.2) is 0 Å². The number of aromatic nitrogens is 2. The number of benzene rings is 2. The standard InChI is InChI=1S/C22H24N4O2S/c1-16-23-20-6-4-3-5-19(20)22(24-16)29-15-21(27)26-13-11-25(12-14-26)17-7-9-18(28-2)10-8-17/h3-10H,11-15H2,1-2H3. The molecule has 150 valence electrons. The quantitative estimate of drug-likeness (QED) is 0.476. The van der Waals surface area contributed by atoms with Gasteiger partial charge in [0.25, 0.3) is 0 Å². The molecule has 1 aromatic heterocycles. The minimum atomic E-state index is 0.157. The smallest absolute Gasteiger partial charge is 0.233 e. The van der Waals surface area contributed by atoms with Gasteiger partial charge in [0, 0.05) is 37.3 Å². The van der Waals surface area contributed by atoms with E-state index in [0.29, 0.717) is 5.75 Å². The zero-order valence-electron chi connectivity index (χ0n) is 16.7. The van der Waals surface area contributed by atoms with E-state index in [1.165, 1.54) is 11.8 Å². The number of anilines is 1. The Hall–Kier alpha value is -2.80. The number of rotatable bonds is 5.